The Labute approximate surface area is 180 Å². The van der Waals surface area contributed by atoms with Crippen LogP contribution in [0.2, 0.25) is 0 Å². The first kappa shape index (κ1) is 20.6. The van der Waals surface area contributed by atoms with Gasteiger partial charge in [-0.1, -0.05) is 35.6 Å². The molecule has 1 aliphatic rings. The van der Waals surface area contributed by atoms with E-state index in [1.165, 1.54) is 11.3 Å². The zero-order valence-electron chi connectivity index (χ0n) is 17.3. The lowest BCUT2D eigenvalue weighted by atomic mass is 10.2. The first-order valence-electron chi connectivity index (χ1n) is 10.3. The number of hydrogen-bond acceptors (Lipinski definition) is 6. The summed E-state index contributed by atoms with van der Waals surface area (Å²) in [7, 11) is 0. The topological polar surface area (TPSA) is 60.9 Å². The molecule has 7 heteroatoms. The number of anilines is 1. The van der Waals surface area contributed by atoms with Gasteiger partial charge in [0.15, 0.2) is 11.7 Å². The number of carbonyl (C=O) groups excluding carboxylic acids is 1. The normalized spacial score (nSPS) is 16.0. The van der Waals surface area contributed by atoms with Crippen LogP contribution in [0.25, 0.3) is 10.2 Å². The van der Waals surface area contributed by atoms with Gasteiger partial charge in [-0.25, -0.2) is 4.98 Å². The number of hydrogen-bond donors (Lipinski definition) is 0. The van der Waals surface area contributed by atoms with Crippen LogP contribution >= 0.6 is 11.3 Å². The summed E-state index contributed by atoms with van der Waals surface area (Å²) in [4.78, 5) is 19.6. The molecular formula is C23H26N2O4S. The summed E-state index contributed by atoms with van der Waals surface area (Å²) in [5, 5.41) is 0.644. The molecule has 2 aromatic carbocycles. The molecule has 1 unspecified atom stereocenters. The molecule has 1 aliphatic heterocycles. The molecule has 2 heterocycles. The van der Waals surface area contributed by atoms with Gasteiger partial charge in [-0.2, -0.15) is 0 Å². The van der Waals surface area contributed by atoms with E-state index >= 15 is 0 Å². The fourth-order valence-corrected chi connectivity index (χ4v) is 4.52. The third kappa shape index (κ3) is 4.57. The number of carbonyl (C=O) groups is 1. The van der Waals surface area contributed by atoms with Crippen molar-refractivity contribution in [2.45, 2.75) is 32.8 Å². The second-order valence-electron chi connectivity index (χ2n) is 7.23. The standard InChI is InChI=1S/C23H26N2O4S/c1-3-27-19-11-6-12-20-22(19)24-23(30-20)25(14-17-9-7-13-28-17)21(26)15-29-18-10-5-4-8-16(18)2/h4-6,8,10-12,17H,3,7,9,13-15H2,1-2H3. The Balaban J connectivity index is 1.59. The van der Waals surface area contributed by atoms with Crippen molar-refractivity contribution in [3.63, 3.8) is 0 Å². The summed E-state index contributed by atoms with van der Waals surface area (Å²) >= 11 is 1.48. The summed E-state index contributed by atoms with van der Waals surface area (Å²) in [6, 6.07) is 13.5. The SMILES string of the molecule is CCOc1cccc2sc(N(CC3CCCO3)C(=O)COc3ccccc3C)nc12. The second kappa shape index (κ2) is 9.45. The van der Waals surface area contributed by atoms with Crippen molar-refractivity contribution in [3.05, 3.63) is 48.0 Å². The van der Waals surface area contributed by atoms with E-state index in [1.54, 1.807) is 4.90 Å². The van der Waals surface area contributed by atoms with Crippen LogP contribution in [0.4, 0.5) is 5.13 Å². The summed E-state index contributed by atoms with van der Waals surface area (Å²) in [6.07, 6.45) is 1.98. The maximum Gasteiger partial charge on any atom is 0.266 e. The maximum atomic E-state index is 13.2. The molecule has 0 saturated carbocycles. The highest BCUT2D eigenvalue weighted by Crippen LogP contribution is 2.35. The van der Waals surface area contributed by atoms with Gasteiger partial charge in [0.2, 0.25) is 0 Å². The molecule has 0 aliphatic carbocycles. The number of amides is 1. The lowest BCUT2D eigenvalue weighted by molar-refractivity contribution is -0.120. The van der Waals surface area contributed by atoms with E-state index in [4.69, 9.17) is 19.2 Å². The Bertz CT molecular complexity index is 1010. The fourth-order valence-electron chi connectivity index (χ4n) is 3.51. The summed E-state index contributed by atoms with van der Waals surface area (Å²) in [5.74, 6) is 1.31. The Kier molecular flexibility index (Phi) is 6.50. The van der Waals surface area contributed by atoms with Crippen LogP contribution in [-0.4, -0.2) is 43.4 Å². The molecule has 4 rings (SSSR count). The number of nitrogens with zero attached hydrogens (tertiary/aromatic N) is 2. The number of benzene rings is 2. The van der Waals surface area contributed by atoms with Crippen LogP contribution < -0.4 is 14.4 Å². The van der Waals surface area contributed by atoms with Crippen LogP contribution in [-0.2, 0) is 9.53 Å². The van der Waals surface area contributed by atoms with E-state index in [0.29, 0.717) is 24.0 Å². The van der Waals surface area contributed by atoms with Gasteiger partial charge in [0, 0.05) is 6.61 Å². The van der Waals surface area contributed by atoms with Crippen molar-refractivity contribution >= 4 is 32.6 Å². The number of fused-ring (bicyclic) bond motifs is 1. The smallest absolute Gasteiger partial charge is 0.266 e. The average Bonchev–Trinajstić information content (AvgIpc) is 3.41. The fraction of sp³-hybridized carbons (Fsp3) is 0.391. The molecule has 0 bridgehead atoms. The second-order valence-corrected chi connectivity index (χ2v) is 8.23. The van der Waals surface area contributed by atoms with Crippen molar-refractivity contribution in [1.29, 1.82) is 0 Å². The molecule has 1 fully saturated rings. The van der Waals surface area contributed by atoms with Crippen LogP contribution in [0.15, 0.2) is 42.5 Å². The van der Waals surface area contributed by atoms with Crippen molar-refractivity contribution in [2.24, 2.45) is 0 Å². The molecule has 3 aromatic rings. The molecule has 1 aromatic heterocycles. The highest BCUT2D eigenvalue weighted by Gasteiger charge is 2.27. The van der Waals surface area contributed by atoms with E-state index in [2.05, 4.69) is 0 Å². The van der Waals surface area contributed by atoms with E-state index in [9.17, 15) is 4.79 Å². The number of aryl methyl sites for hydroxylation is 1. The minimum absolute atomic E-state index is 0.0192. The molecule has 158 valence electrons. The van der Waals surface area contributed by atoms with Crippen molar-refractivity contribution in [3.8, 4) is 11.5 Å². The predicted molar refractivity (Wildman–Crippen MR) is 119 cm³/mol. The lowest BCUT2D eigenvalue weighted by Crippen LogP contribution is -2.40. The monoisotopic (exact) mass is 426 g/mol. The molecule has 1 amide bonds. The quantitative estimate of drug-likeness (QED) is 0.527. The molecule has 1 saturated heterocycles. The highest BCUT2D eigenvalue weighted by atomic mass is 32.1. The number of para-hydroxylation sites is 2. The van der Waals surface area contributed by atoms with Gasteiger partial charge in [-0.3, -0.25) is 9.69 Å². The van der Waals surface area contributed by atoms with Crippen molar-refractivity contribution in [2.75, 3.05) is 31.3 Å². The van der Waals surface area contributed by atoms with Gasteiger partial charge in [0.1, 0.15) is 17.0 Å². The Hall–Kier alpha value is -2.64. The summed E-state index contributed by atoms with van der Waals surface area (Å²) in [6.45, 7) is 5.64. The molecule has 0 radical (unpaired) electrons. The van der Waals surface area contributed by atoms with Gasteiger partial charge < -0.3 is 14.2 Å². The van der Waals surface area contributed by atoms with Gasteiger partial charge in [0.25, 0.3) is 5.91 Å². The first-order chi connectivity index (χ1) is 14.7. The summed E-state index contributed by atoms with van der Waals surface area (Å²) in [5.41, 5.74) is 1.78. The van der Waals surface area contributed by atoms with E-state index in [0.717, 1.165) is 41.0 Å². The minimum atomic E-state index is -0.134. The van der Waals surface area contributed by atoms with Crippen LogP contribution in [0.1, 0.15) is 25.3 Å². The predicted octanol–water partition coefficient (Wildman–Crippen LogP) is 4.59. The van der Waals surface area contributed by atoms with Gasteiger partial charge in [-0.05, 0) is 50.5 Å². The van der Waals surface area contributed by atoms with Crippen molar-refractivity contribution in [1.82, 2.24) is 4.98 Å². The number of rotatable bonds is 8. The number of aromatic nitrogens is 1. The molecule has 30 heavy (non-hydrogen) atoms. The minimum Gasteiger partial charge on any atom is -0.492 e. The lowest BCUT2D eigenvalue weighted by Gasteiger charge is -2.23. The highest BCUT2D eigenvalue weighted by molar-refractivity contribution is 7.22. The third-order valence-corrected chi connectivity index (χ3v) is 6.10. The third-order valence-electron chi connectivity index (χ3n) is 5.06. The zero-order chi connectivity index (χ0) is 20.9. The molecule has 6 nitrogen and oxygen atoms in total. The Morgan fingerprint density at radius 2 is 2.03 bits per heavy atom. The van der Waals surface area contributed by atoms with Crippen LogP contribution in [0, 0.1) is 6.92 Å². The van der Waals surface area contributed by atoms with Gasteiger partial charge >= 0.3 is 0 Å². The molecular weight excluding hydrogens is 400 g/mol. The maximum absolute atomic E-state index is 13.2. The largest absolute Gasteiger partial charge is 0.492 e. The Morgan fingerprint density at radius 1 is 1.20 bits per heavy atom. The summed E-state index contributed by atoms with van der Waals surface area (Å²) < 4.78 is 18.3. The van der Waals surface area contributed by atoms with E-state index < -0.39 is 0 Å². The average molecular weight is 427 g/mol. The van der Waals surface area contributed by atoms with Crippen molar-refractivity contribution < 1.29 is 19.0 Å². The molecule has 0 N–H and O–H groups in total. The molecule has 1 atom stereocenters. The van der Waals surface area contributed by atoms with Crippen LogP contribution in [0.5, 0.6) is 11.5 Å². The number of thiazole rings is 1. The van der Waals surface area contributed by atoms with E-state index in [-0.39, 0.29) is 18.6 Å². The number of ether oxygens (including phenoxy) is 3. The Morgan fingerprint density at radius 3 is 2.80 bits per heavy atom. The first-order valence-corrected chi connectivity index (χ1v) is 11.1. The van der Waals surface area contributed by atoms with Gasteiger partial charge in [0.05, 0.1) is 24.0 Å². The molecule has 0 spiro atoms. The zero-order valence-corrected chi connectivity index (χ0v) is 18.1. The van der Waals surface area contributed by atoms with Gasteiger partial charge in [-0.15, -0.1) is 0 Å². The van der Waals surface area contributed by atoms with Crippen LogP contribution in [0.3, 0.4) is 0 Å². The van der Waals surface area contributed by atoms with E-state index in [1.807, 2.05) is 56.3 Å².